The number of anilines is 1. The van der Waals surface area contributed by atoms with Gasteiger partial charge in [0.2, 0.25) is 0 Å². The molecule has 0 bridgehead atoms. The number of aromatic nitrogens is 1. The summed E-state index contributed by atoms with van der Waals surface area (Å²) in [7, 11) is 0. The Balaban J connectivity index is 2.08. The molecular formula is C11H13BrF2N2. The molecule has 1 aliphatic heterocycles. The standard InChI is InChI=1S/C11H13BrF2N2/c12-3-1-8-2-4-16(7-8)11-10(14)5-9(13)6-15-11/h5-6,8H,1-4,7H2. The van der Waals surface area contributed by atoms with Crippen molar-refractivity contribution in [2.24, 2.45) is 5.92 Å². The Labute approximate surface area is 102 Å². The second-order valence-corrected chi connectivity index (χ2v) is 4.83. The first-order valence-electron chi connectivity index (χ1n) is 5.32. The minimum atomic E-state index is -0.627. The number of nitrogens with zero attached hydrogens (tertiary/aromatic N) is 2. The highest BCUT2D eigenvalue weighted by Crippen LogP contribution is 2.26. The monoisotopic (exact) mass is 290 g/mol. The number of pyridine rings is 1. The Bertz CT molecular complexity index is 373. The van der Waals surface area contributed by atoms with Crippen LogP contribution >= 0.6 is 15.9 Å². The summed E-state index contributed by atoms with van der Waals surface area (Å²) < 4.78 is 26.2. The van der Waals surface area contributed by atoms with Gasteiger partial charge in [-0.2, -0.15) is 0 Å². The summed E-state index contributed by atoms with van der Waals surface area (Å²) in [5, 5.41) is 0.963. The van der Waals surface area contributed by atoms with Gasteiger partial charge in [-0.1, -0.05) is 15.9 Å². The van der Waals surface area contributed by atoms with Crippen molar-refractivity contribution in [2.45, 2.75) is 12.8 Å². The molecule has 0 amide bonds. The largest absolute Gasteiger partial charge is 0.354 e. The lowest BCUT2D eigenvalue weighted by Gasteiger charge is -2.17. The van der Waals surface area contributed by atoms with E-state index in [1.165, 1.54) is 0 Å². The van der Waals surface area contributed by atoms with Gasteiger partial charge in [0, 0.05) is 24.5 Å². The molecule has 1 saturated heterocycles. The molecule has 1 aromatic heterocycles. The topological polar surface area (TPSA) is 16.1 Å². The van der Waals surface area contributed by atoms with E-state index < -0.39 is 11.6 Å². The fourth-order valence-electron chi connectivity index (χ4n) is 2.06. The predicted molar refractivity (Wildman–Crippen MR) is 62.9 cm³/mol. The van der Waals surface area contributed by atoms with E-state index in [2.05, 4.69) is 20.9 Å². The maximum absolute atomic E-state index is 13.5. The smallest absolute Gasteiger partial charge is 0.168 e. The van der Waals surface area contributed by atoms with E-state index in [0.717, 1.165) is 43.5 Å². The van der Waals surface area contributed by atoms with Crippen LogP contribution in [0.5, 0.6) is 0 Å². The van der Waals surface area contributed by atoms with Crippen LogP contribution in [0.2, 0.25) is 0 Å². The van der Waals surface area contributed by atoms with Crippen LogP contribution in [0, 0.1) is 17.6 Å². The molecule has 1 aromatic rings. The molecule has 2 nitrogen and oxygen atoms in total. The normalized spacial score (nSPS) is 20.4. The molecule has 0 saturated carbocycles. The van der Waals surface area contributed by atoms with Crippen molar-refractivity contribution in [2.75, 3.05) is 23.3 Å². The van der Waals surface area contributed by atoms with Crippen molar-refractivity contribution in [1.29, 1.82) is 0 Å². The second-order valence-electron chi connectivity index (χ2n) is 4.04. The lowest BCUT2D eigenvalue weighted by Crippen LogP contribution is -2.22. The third-order valence-electron chi connectivity index (χ3n) is 2.89. The van der Waals surface area contributed by atoms with Crippen LogP contribution in [0.15, 0.2) is 12.3 Å². The summed E-state index contributed by atoms with van der Waals surface area (Å²) in [4.78, 5) is 5.71. The zero-order valence-corrected chi connectivity index (χ0v) is 10.4. The van der Waals surface area contributed by atoms with E-state index in [9.17, 15) is 8.78 Å². The van der Waals surface area contributed by atoms with Crippen molar-refractivity contribution in [3.05, 3.63) is 23.9 Å². The fraction of sp³-hybridized carbons (Fsp3) is 0.545. The minimum Gasteiger partial charge on any atom is -0.354 e. The molecule has 0 spiro atoms. The molecule has 16 heavy (non-hydrogen) atoms. The highest BCUT2D eigenvalue weighted by molar-refractivity contribution is 9.09. The van der Waals surface area contributed by atoms with Gasteiger partial charge in [0.1, 0.15) is 5.82 Å². The van der Waals surface area contributed by atoms with Crippen LogP contribution < -0.4 is 4.90 Å². The van der Waals surface area contributed by atoms with Crippen molar-refractivity contribution >= 4 is 21.7 Å². The number of hydrogen-bond acceptors (Lipinski definition) is 2. The van der Waals surface area contributed by atoms with Gasteiger partial charge >= 0.3 is 0 Å². The van der Waals surface area contributed by atoms with Crippen LogP contribution in [0.3, 0.4) is 0 Å². The first kappa shape index (κ1) is 11.8. The molecular weight excluding hydrogens is 278 g/mol. The van der Waals surface area contributed by atoms with E-state index in [0.29, 0.717) is 5.92 Å². The van der Waals surface area contributed by atoms with E-state index in [1.54, 1.807) is 0 Å². The lowest BCUT2D eigenvalue weighted by molar-refractivity contribution is 0.562. The molecule has 1 unspecified atom stereocenters. The van der Waals surface area contributed by atoms with E-state index in [4.69, 9.17) is 0 Å². The first-order chi connectivity index (χ1) is 7.70. The van der Waals surface area contributed by atoms with Gasteiger partial charge in [-0.15, -0.1) is 0 Å². The Morgan fingerprint density at radius 1 is 1.50 bits per heavy atom. The Kier molecular flexibility index (Phi) is 3.74. The summed E-state index contributed by atoms with van der Waals surface area (Å²) in [5.74, 6) is -0.346. The highest BCUT2D eigenvalue weighted by Gasteiger charge is 2.24. The third kappa shape index (κ3) is 2.51. The molecule has 1 fully saturated rings. The van der Waals surface area contributed by atoms with E-state index >= 15 is 0 Å². The molecule has 0 aromatic carbocycles. The molecule has 2 rings (SSSR count). The SMILES string of the molecule is Fc1cnc(N2CCC(CCBr)C2)c(F)c1. The van der Waals surface area contributed by atoms with Gasteiger partial charge < -0.3 is 4.90 Å². The molecule has 1 atom stereocenters. The summed E-state index contributed by atoms with van der Waals surface area (Å²) >= 11 is 3.40. The zero-order valence-electron chi connectivity index (χ0n) is 8.80. The van der Waals surface area contributed by atoms with Gasteiger partial charge in [-0.05, 0) is 18.8 Å². The zero-order chi connectivity index (χ0) is 11.5. The third-order valence-corrected chi connectivity index (χ3v) is 3.35. The summed E-state index contributed by atoms with van der Waals surface area (Å²) in [6.45, 7) is 1.61. The average Bonchev–Trinajstić information content (AvgIpc) is 2.67. The average molecular weight is 291 g/mol. The molecule has 0 radical (unpaired) electrons. The molecule has 0 aliphatic carbocycles. The summed E-state index contributed by atoms with van der Waals surface area (Å²) in [5.41, 5.74) is 0. The van der Waals surface area contributed by atoms with Crippen LogP contribution in [0.25, 0.3) is 0 Å². The van der Waals surface area contributed by atoms with E-state index in [1.807, 2.05) is 4.90 Å². The summed E-state index contributed by atoms with van der Waals surface area (Å²) in [6, 6.07) is 0.889. The molecule has 0 N–H and O–H groups in total. The number of rotatable bonds is 3. The van der Waals surface area contributed by atoms with Crippen LogP contribution in [-0.4, -0.2) is 23.4 Å². The first-order valence-corrected chi connectivity index (χ1v) is 6.45. The minimum absolute atomic E-state index is 0.276. The van der Waals surface area contributed by atoms with Gasteiger partial charge in [0.15, 0.2) is 11.6 Å². The second kappa shape index (κ2) is 5.08. The highest BCUT2D eigenvalue weighted by atomic mass is 79.9. The van der Waals surface area contributed by atoms with Crippen molar-refractivity contribution in [1.82, 2.24) is 4.98 Å². The van der Waals surface area contributed by atoms with Gasteiger partial charge in [0.25, 0.3) is 0 Å². The molecule has 5 heteroatoms. The van der Waals surface area contributed by atoms with Gasteiger partial charge in [0.05, 0.1) is 6.20 Å². The maximum atomic E-state index is 13.5. The van der Waals surface area contributed by atoms with Crippen molar-refractivity contribution in [3.8, 4) is 0 Å². The Morgan fingerprint density at radius 3 is 3.00 bits per heavy atom. The van der Waals surface area contributed by atoms with Crippen LogP contribution in [0.4, 0.5) is 14.6 Å². The van der Waals surface area contributed by atoms with Crippen molar-refractivity contribution in [3.63, 3.8) is 0 Å². The van der Waals surface area contributed by atoms with E-state index in [-0.39, 0.29) is 5.82 Å². The number of halogens is 3. The number of alkyl halides is 1. The fourth-order valence-corrected chi connectivity index (χ4v) is 2.70. The summed E-state index contributed by atoms with van der Waals surface area (Å²) in [6.07, 6.45) is 3.19. The van der Waals surface area contributed by atoms with Crippen molar-refractivity contribution < 1.29 is 8.78 Å². The molecule has 2 heterocycles. The predicted octanol–water partition coefficient (Wildman–Crippen LogP) is 2.97. The number of hydrogen-bond donors (Lipinski definition) is 0. The van der Waals surface area contributed by atoms with Crippen LogP contribution in [0.1, 0.15) is 12.8 Å². The quantitative estimate of drug-likeness (QED) is 0.796. The van der Waals surface area contributed by atoms with Crippen LogP contribution in [-0.2, 0) is 0 Å². The Hall–Kier alpha value is -0.710. The lowest BCUT2D eigenvalue weighted by atomic mass is 10.1. The maximum Gasteiger partial charge on any atom is 0.168 e. The van der Waals surface area contributed by atoms with Gasteiger partial charge in [-0.25, -0.2) is 13.8 Å². The molecule has 88 valence electrons. The molecule has 1 aliphatic rings. The Morgan fingerprint density at radius 2 is 2.31 bits per heavy atom. The van der Waals surface area contributed by atoms with Gasteiger partial charge in [-0.3, -0.25) is 0 Å².